The second-order valence-electron chi connectivity index (χ2n) is 5.15. The fourth-order valence-electron chi connectivity index (χ4n) is 3.23. The monoisotopic (exact) mass is 226 g/mol. The van der Waals surface area contributed by atoms with Crippen LogP contribution in [0.2, 0.25) is 0 Å². The average molecular weight is 226 g/mol. The van der Waals surface area contributed by atoms with Crippen molar-refractivity contribution in [2.24, 2.45) is 0 Å². The first-order valence-electron chi connectivity index (χ1n) is 6.16. The molecule has 2 rings (SSSR count). The number of nitrogens with zero attached hydrogens (tertiary/aromatic N) is 2. The number of rotatable bonds is 2. The lowest BCUT2D eigenvalue weighted by Crippen LogP contribution is -2.62. The maximum absolute atomic E-state index is 12.0. The minimum absolute atomic E-state index is 0.114. The van der Waals surface area contributed by atoms with Crippen LogP contribution >= 0.6 is 0 Å². The molecule has 16 heavy (non-hydrogen) atoms. The molecule has 0 aromatic heterocycles. The average Bonchev–Trinajstić information content (AvgIpc) is 2.67. The lowest BCUT2D eigenvalue weighted by Gasteiger charge is -2.48. The number of hydrogen-bond donors (Lipinski definition) is 0. The van der Waals surface area contributed by atoms with Crippen molar-refractivity contribution >= 4 is 5.91 Å². The molecule has 1 saturated carbocycles. The summed E-state index contributed by atoms with van der Waals surface area (Å²) in [4.78, 5) is 16.5. The summed E-state index contributed by atoms with van der Waals surface area (Å²) in [5.41, 5.74) is 0.114. The summed E-state index contributed by atoms with van der Waals surface area (Å²) in [6, 6.07) is 0. The van der Waals surface area contributed by atoms with Crippen molar-refractivity contribution in [3.63, 3.8) is 0 Å². The van der Waals surface area contributed by atoms with E-state index < -0.39 is 0 Å². The molecule has 1 heterocycles. The van der Waals surface area contributed by atoms with Gasteiger partial charge in [-0.1, -0.05) is 12.8 Å². The summed E-state index contributed by atoms with van der Waals surface area (Å²) in [6.45, 7) is 3.10. The predicted molar refractivity (Wildman–Crippen MR) is 62.3 cm³/mol. The number of carbonyl (C=O) groups excluding carboxylic acids is 1. The molecule has 1 amide bonds. The number of piperazine rings is 1. The molecule has 1 spiro atoms. The van der Waals surface area contributed by atoms with Crippen LogP contribution in [0.25, 0.3) is 0 Å². The van der Waals surface area contributed by atoms with E-state index in [1.165, 1.54) is 12.8 Å². The Balaban J connectivity index is 2.12. The van der Waals surface area contributed by atoms with Crippen LogP contribution in [0, 0.1) is 0 Å². The third-order valence-corrected chi connectivity index (χ3v) is 3.95. The first-order chi connectivity index (χ1) is 7.68. The Labute approximate surface area is 97.5 Å². The van der Waals surface area contributed by atoms with E-state index in [1.54, 1.807) is 7.11 Å². The molecular weight excluding hydrogens is 204 g/mol. The molecule has 0 radical (unpaired) electrons. The van der Waals surface area contributed by atoms with E-state index in [2.05, 4.69) is 16.8 Å². The van der Waals surface area contributed by atoms with E-state index in [0.29, 0.717) is 0 Å². The number of hydrogen-bond acceptors (Lipinski definition) is 3. The Bertz CT molecular complexity index is 262. The van der Waals surface area contributed by atoms with E-state index >= 15 is 0 Å². The Morgan fingerprint density at radius 3 is 2.62 bits per heavy atom. The fourth-order valence-corrected chi connectivity index (χ4v) is 3.23. The zero-order chi connectivity index (χ0) is 11.6. The van der Waals surface area contributed by atoms with Crippen molar-refractivity contribution in [2.45, 2.75) is 31.2 Å². The topological polar surface area (TPSA) is 32.8 Å². The van der Waals surface area contributed by atoms with Gasteiger partial charge in [-0.05, 0) is 19.9 Å². The SMILES string of the molecule is COCC(=O)N1CCN(C)CC12CCCC2. The van der Waals surface area contributed by atoms with Gasteiger partial charge in [0.2, 0.25) is 5.91 Å². The van der Waals surface area contributed by atoms with Crippen molar-refractivity contribution < 1.29 is 9.53 Å². The summed E-state index contributed by atoms with van der Waals surface area (Å²) >= 11 is 0. The van der Waals surface area contributed by atoms with Crippen LogP contribution in [0.5, 0.6) is 0 Å². The van der Waals surface area contributed by atoms with Gasteiger partial charge in [0, 0.05) is 26.7 Å². The Morgan fingerprint density at radius 2 is 2.00 bits per heavy atom. The molecule has 0 aromatic rings. The molecule has 0 bridgehead atoms. The molecule has 4 heteroatoms. The van der Waals surface area contributed by atoms with Crippen LogP contribution in [0.1, 0.15) is 25.7 Å². The molecule has 4 nitrogen and oxygen atoms in total. The molecule has 1 aliphatic carbocycles. The van der Waals surface area contributed by atoms with Gasteiger partial charge in [-0.2, -0.15) is 0 Å². The maximum Gasteiger partial charge on any atom is 0.249 e. The Morgan fingerprint density at radius 1 is 1.31 bits per heavy atom. The van der Waals surface area contributed by atoms with Crippen molar-refractivity contribution in [1.82, 2.24) is 9.80 Å². The predicted octanol–water partition coefficient (Wildman–Crippen LogP) is 0.720. The fraction of sp³-hybridized carbons (Fsp3) is 0.917. The first-order valence-corrected chi connectivity index (χ1v) is 6.16. The highest BCUT2D eigenvalue weighted by Gasteiger charge is 2.44. The number of methoxy groups -OCH3 is 1. The molecule has 0 N–H and O–H groups in total. The summed E-state index contributed by atoms with van der Waals surface area (Å²) < 4.78 is 4.98. The third kappa shape index (κ3) is 2.09. The maximum atomic E-state index is 12.0. The van der Waals surface area contributed by atoms with Crippen molar-refractivity contribution in [1.29, 1.82) is 0 Å². The number of amides is 1. The van der Waals surface area contributed by atoms with Crippen molar-refractivity contribution in [3.05, 3.63) is 0 Å². The highest BCUT2D eigenvalue weighted by molar-refractivity contribution is 5.78. The molecule has 2 aliphatic rings. The summed E-state index contributed by atoms with van der Waals surface area (Å²) in [5.74, 6) is 0.164. The summed E-state index contributed by atoms with van der Waals surface area (Å²) in [6.07, 6.45) is 4.83. The molecule has 92 valence electrons. The van der Waals surface area contributed by atoms with Gasteiger partial charge in [0.05, 0.1) is 5.54 Å². The van der Waals surface area contributed by atoms with Crippen LogP contribution in [-0.2, 0) is 9.53 Å². The highest BCUT2D eigenvalue weighted by atomic mass is 16.5. The highest BCUT2D eigenvalue weighted by Crippen LogP contribution is 2.37. The molecule has 0 atom stereocenters. The van der Waals surface area contributed by atoms with Gasteiger partial charge >= 0.3 is 0 Å². The molecule has 0 aromatic carbocycles. The Hall–Kier alpha value is -0.610. The minimum Gasteiger partial charge on any atom is -0.375 e. The number of likely N-dealkylation sites (N-methyl/N-ethyl adjacent to an activating group) is 1. The second kappa shape index (κ2) is 4.72. The van der Waals surface area contributed by atoms with Crippen LogP contribution in [0.15, 0.2) is 0 Å². The van der Waals surface area contributed by atoms with Crippen LogP contribution in [0.4, 0.5) is 0 Å². The van der Waals surface area contributed by atoms with E-state index in [4.69, 9.17) is 4.74 Å². The van der Waals surface area contributed by atoms with Gasteiger partial charge in [-0.3, -0.25) is 4.79 Å². The second-order valence-corrected chi connectivity index (χ2v) is 5.15. The van der Waals surface area contributed by atoms with E-state index in [0.717, 1.165) is 32.5 Å². The lowest BCUT2D eigenvalue weighted by atomic mass is 9.92. The number of ether oxygens (including phenoxy) is 1. The van der Waals surface area contributed by atoms with Gasteiger partial charge in [-0.15, -0.1) is 0 Å². The number of carbonyl (C=O) groups is 1. The van der Waals surface area contributed by atoms with E-state index in [1.807, 2.05) is 0 Å². The van der Waals surface area contributed by atoms with E-state index in [-0.39, 0.29) is 18.1 Å². The molecule has 1 saturated heterocycles. The van der Waals surface area contributed by atoms with E-state index in [9.17, 15) is 4.79 Å². The zero-order valence-corrected chi connectivity index (χ0v) is 10.4. The van der Waals surface area contributed by atoms with Crippen molar-refractivity contribution in [2.75, 3.05) is 40.4 Å². The van der Waals surface area contributed by atoms with Crippen LogP contribution in [0.3, 0.4) is 0 Å². The van der Waals surface area contributed by atoms with Gasteiger partial charge in [0.25, 0.3) is 0 Å². The summed E-state index contributed by atoms with van der Waals surface area (Å²) in [5, 5.41) is 0. The molecule has 0 unspecified atom stereocenters. The smallest absolute Gasteiger partial charge is 0.249 e. The molecular formula is C12H22N2O2. The van der Waals surface area contributed by atoms with Crippen LogP contribution < -0.4 is 0 Å². The quantitative estimate of drug-likeness (QED) is 0.695. The third-order valence-electron chi connectivity index (χ3n) is 3.95. The lowest BCUT2D eigenvalue weighted by molar-refractivity contribution is -0.145. The largest absolute Gasteiger partial charge is 0.375 e. The first kappa shape index (κ1) is 11.9. The van der Waals surface area contributed by atoms with Gasteiger partial charge < -0.3 is 14.5 Å². The van der Waals surface area contributed by atoms with Crippen LogP contribution in [-0.4, -0.2) is 61.6 Å². The molecule has 2 fully saturated rings. The van der Waals surface area contributed by atoms with Crippen molar-refractivity contribution in [3.8, 4) is 0 Å². The zero-order valence-electron chi connectivity index (χ0n) is 10.4. The summed E-state index contributed by atoms with van der Waals surface area (Å²) in [7, 11) is 3.74. The minimum atomic E-state index is 0.114. The van der Waals surface area contributed by atoms with Gasteiger partial charge in [-0.25, -0.2) is 0 Å². The normalized spacial score (nSPS) is 25.2. The molecule has 1 aliphatic heterocycles. The van der Waals surface area contributed by atoms with Gasteiger partial charge in [0.15, 0.2) is 0 Å². The Kier molecular flexibility index (Phi) is 3.50. The standard InChI is InChI=1S/C12H22N2O2/c1-13-7-8-14(11(15)9-16-2)12(10-13)5-3-4-6-12/h3-10H2,1-2H3. The van der Waals surface area contributed by atoms with Gasteiger partial charge in [0.1, 0.15) is 6.61 Å².